The summed E-state index contributed by atoms with van der Waals surface area (Å²) in [5.41, 5.74) is 2.34. The van der Waals surface area contributed by atoms with Crippen molar-refractivity contribution in [2.75, 3.05) is 25.0 Å². The van der Waals surface area contributed by atoms with Crippen molar-refractivity contribution in [3.63, 3.8) is 0 Å². The van der Waals surface area contributed by atoms with Gasteiger partial charge >= 0.3 is 0 Å². The Morgan fingerprint density at radius 2 is 2.00 bits per heavy atom. The van der Waals surface area contributed by atoms with Crippen molar-refractivity contribution in [3.8, 4) is 0 Å². The standard InChI is InChI=1S/C16H24N2O/c1-13(2)14-7-6-8-15(11-14)17-12-16(19)18-9-4-3-5-10-18/h6-8,11,13,17H,3-5,9-10,12H2,1-2H3. The number of amides is 1. The molecule has 1 aliphatic heterocycles. The summed E-state index contributed by atoms with van der Waals surface area (Å²) in [6.07, 6.45) is 3.55. The first-order chi connectivity index (χ1) is 9.16. The van der Waals surface area contributed by atoms with E-state index in [-0.39, 0.29) is 5.91 Å². The average molecular weight is 260 g/mol. The lowest BCUT2D eigenvalue weighted by molar-refractivity contribution is -0.130. The van der Waals surface area contributed by atoms with Crippen LogP contribution in [0.2, 0.25) is 0 Å². The van der Waals surface area contributed by atoms with Gasteiger partial charge in [0.1, 0.15) is 0 Å². The SMILES string of the molecule is CC(C)c1cccc(NCC(=O)N2CCCCC2)c1. The van der Waals surface area contributed by atoms with E-state index in [0.717, 1.165) is 31.6 Å². The van der Waals surface area contributed by atoms with Gasteiger partial charge in [-0.15, -0.1) is 0 Å². The van der Waals surface area contributed by atoms with Crippen LogP contribution in [0, 0.1) is 0 Å². The molecule has 0 aliphatic carbocycles. The fourth-order valence-corrected chi connectivity index (χ4v) is 2.44. The molecule has 1 aliphatic rings. The van der Waals surface area contributed by atoms with Gasteiger partial charge in [-0.3, -0.25) is 4.79 Å². The second-order valence-electron chi connectivity index (χ2n) is 5.58. The van der Waals surface area contributed by atoms with E-state index >= 15 is 0 Å². The van der Waals surface area contributed by atoms with Gasteiger partial charge in [0.15, 0.2) is 0 Å². The Balaban J connectivity index is 1.87. The Kier molecular flexibility index (Phi) is 4.83. The third-order valence-corrected chi connectivity index (χ3v) is 3.71. The Morgan fingerprint density at radius 1 is 1.26 bits per heavy atom. The lowest BCUT2D eigenvalue weighted by Crippen LogP contribution is -2.39. The summed E-state index contributed by atoms with van der Waals surface area (Å²) in [5.74, 6) is 0.731. The molecule has 0 saturated carbocycles. The second-order valence-corrected chi connectivity index (χ2v) is 5.58. The maximum absolute atomic E-state index is 12.1. The van der Waals surface area contributed by atoms with Gasteiger partial charge in [0.2, 0.25) is 5.91 Å². The van der Waals surface area contributed by atoms with Crippen LogP contribution in [0.15, 0.2) is 24.3 Å². The van der Waals surface area contributed by atoms with Crippen LogP contribution in [0.4, 0.5) is 5.69 Å². The van der Waals surface area contributed by atoms with E-state index < -0.39 is 0 Å². The lowest BCUT2D eigenvalue weighted by atomic mass is 10.0. The Bertz CT molecular complexity index is 423. The van der Waals surface area contributed by atoms with Crippen LogP contribution in [0.1, 0.15) is 44.6 Å². The quantitative estimate of drug-likeness (QED) is 0.901. The third kappa shape index (κ3) is 3.98. The summed E-state index contributed by atoms with van der Waals surface area (Å²) in [5, 5.41) is 3.25. The molecule has 1 heterocycles. The van der Waals surface area contributed by atoms with Crippen LogP contribution in [0.25, 0.3) is 0 Å². The highest BCUT2D eigenvalue weighted by atomic mass is 16.2. The number of carbonyl (C=O) groups is 1. The summed E-state index contributed by atoms with van der Waals surface area (Å²) in [6.45, 7) is 6.61. The molecule has 0 radical (unpaired) electrons. The molecule has 0 spiro atoms. The molecular weight excluding hydrogens is 236 g/mol. The Morgan fingerprint density at radius 3 is 2.68 bits per heavy atom. The van der Waals surface area contributed by atoms with Crippen molar-refractivity contribution in [1.29, 1.82) is 0 Å². The van der Waals surface area contributed by atoms with Gasteiger partial charge in [-0.05, 0) is 42.9 Å². The minimum atomic E-state index is 0.217. The number of rotatable bonds is 4. The maximum Gasteiger partial charge on any atom is 0.241 e. The Hall–Kier alpha value is -1.51. The van der Waals surface area contributed by atoms with E-state index in [2.05, 4.69) is 31.3 Å². The van der Waals surface area contributed by atoms with Gasteiger partial charge in [0.05, 0.1) is 6.54 Å². The van der Waals surface area contributed by atoms with E-state index in [4.69, 9.17) is 0 Å². The van der Waals surface area contributed by atoms with Crippen LogP contribution in [0.3, 0.4) is 0 Å². The minimum absolute atomic E-state index is 0.217. The predicted octanol–water partition coefficient (Wildman–Crippen LogP) is 3.23. The van der Waals surface area contributed by atoms with Crippen molar-refractivity contribution in [2.24, 2.45) is 0 Å². The minimum Gasteiger partial charge on any atom is -0.376 e. The molecule has 0 unspecified atom stereocenters. The van der Waals surface area contributed by atoms with E-state index in [1.165, 1.54) is 12.0 Å². The predicted molar refractivity (Wildman–Crippen MR) is 79.5 cm³/mol. The number of nitrogens with one attached hydrogen (secondary N) is 1. The number of piperidine rings is 1. The molecule has 0 bridgehead atoms. The largest absolute Gasteiger partial charge is 0.376 e. The molecule has 3 nitrogen and oxygen atoms in total. The molecule has 1 fully saturated rings. The van der Waals surface area contributed by atoms with Crippen LogP contribution in [-0.2, 0) is 4.79 Å². The summed E-state index contributed by atoms with van der Waals surface area (Å²) < 4.78 is 0. The lowest BCUT2D eigenvalue weighted by Gasteiger charge is -2.27. The molecule has 1 N–H and O–H groups in total. The highest BCUT2D eigenvalue weighted by Crippen LogP contribution is 2.18. The average Bonchev–Trinajstić information content (AvgIpc) is 2.46. The fourth-order valence-electron chi connectivity index (χ4n) is 2.44. The first-order valence-corrected chi connectivity index (χ1v) is 7.28. The van der Waals surface area contributed by atoms with Crippen LogP contribution < -0.4 is 5.32 Å². The normalized spacial score (nSPS) is 15.6. The summed E-state index contributed by atoms with van der Waals surface area (Å²) in [4.78, 5) is 14.0. The zero-order valence-corrected chi connectivity index (χ0v) is 12.0. The number of hydrogen-bond donors (Lipinski definition) is 1. The van der Waals surface area contributed by atoms with Gasteiger partial charge in [-0.1, -0.05) is 26.0 Å². The summed E-state index contributed by atoms with van der Waals surface area (Å²) in [7, 11) is 0. The molecule has 19 heavy (non-hydrogen) atoms. The topological polar surface area (TPSA) is 32.3 Å². The number of anilines is 1. The van der Waals surface area contributed by atoms with Crippen LogP contribution >= 0.6 is 0 Å². The molecule has 0 atom stereocenters. The zero-order chi connectivity index (χ0) is 13.7. The van der Waals surface area contributed by atoms with Crippen LogP contribution in [-0.4, -0.2) is 30.4 Å². The highest BCUT2D eigenvalue weighted by molar-refractivity contribution is 5.81. The first-order valence-electron chi connectivity index (χ1n) is 7.28. The first kappa shape index (κ1) is 13.9. The fraction of sp³-hybridized carbons (Fsp3) is 0.562. The maximum atomic E-state index is 12.1. The van der Waals surface area contributed by atoms with Crippen molar-refractivity contribution < 1.29 is 4.79 Å². The highest BCUT2D eigenvalue weighted by Gasteiger charge is 2.15. The molecule has 1 aromatic rings. The van der Waals surface area contributed by atoms with Crippen molar-refractivity contribution in [2.45, 2.75) is 39.0 Å². The molecule has 0 aromatic heterocycles. The number of carbonyl (C=O) groups excluding carboxylic acids is 1. The Labute approximate surface area is 116 Å². The third-order valence-electron chi connectivity index (χ3n) is 3.71. The smallest absolute Gasteiger partial charge is 0.241 e. The molecule has 2 rings (SSSR count). The van der Waals surface area contributed by atoms with E-state index in [0.29, 0.717) is 12.5 Å². The number of benzene rings is 1. The molecule has 1 saturated heterocycles. The van der Waals surface area contributed by atoms with Gasteiger partial charge in [0, 0.05) is 18.8 Å². The molecule has 1 amide bonds. The number of hydrogen-bond acceptors (Lipinski definition) is 2. The molecule has 3 heteroatoms. The molecule has 1 aromatic carbocycles. The van der Waals surface area contributed by atoms with E-state index in [9.17, 15) is 4.79 Å². The van der Waals surface area contributed by atoms with E-state index in [1.807, 2.05) is 17.0 Å². The second kappa shape index (κ2) is 6.60. The summed E-state index contributed by atoms with van der Waals surface area (Å²) in [6, 6.07) is 8.33. The van der Waals surface area contributed by atoms with Gasteiger partial charge in [-0.25, -0.2) is 0 Å². The van der Waals surface area contributed by atoms with Gasteiger partial charge < -0.3 is 10.2 Å². The van der Waals surface area contributed by atoms with E-state index in [1.54, 1.807) is 0 Å². The van der Waals surface area contributed by atoms with Gasteiger partial charge in [-0.2, -0.15) is 0 Å². The number of likely N-dealkylation sites (tertiary alicyclic amines) is 1. The van der Waals surface area contributed by atoms with Crippen molar-refractivity contribution in [1.82, 2.24) is 4.90 Å². The van der Waals surface area contributed by atoms with Gasteiger partial charge in [0.25, 0.3) is 0 Å². The molecule has 104 valence electrons. The monoisotopic (exact) mass is 260 g/mol. The van der Waals surface area contributed by atoms with Crippen molar-refractivity contribution in [3.05, 3.63) is 29.8 Å². The van der Waals surface area contributed by atoms with Crippen LogP contribution in [0.5, 0.6) is 0 Å². The van der Waals surface area contributed by atoms with Crippen molar-refractivity contribution >= 4 is 11.6 Å². The summed E-state index contributed by atoms with van der Waals surface area (Å²) >= 11 is 0. The number of nitrogens with zero attached hydrogens (tertiary/aromatic N) is 1. The zero-order valence-electron chi connectivity index (χ0n) is 12.0. The molecular formula is C16H24N2O.